The van der Waals surface area contributed by atoms with Gasteiger partial charge in [0.15, 0.2) is 16.4 Å². The Morgan fingerprint density at radius 2 is 2.00 bits per heavy atom. The molecule has 6 nitrogen and oxygen atoms in total. The maximum Gasteiger partial charge on any atom is 0.316 e. The topological polar surface area (TPSA) is 89.5 Å². The van der Waals surface area contributed by atoms with E-state index < -0.39 is 21.7 Å². The molecule has 1 atom stereocenters. The van der Waals surface area contributed by atoms with Crippen molar-refractivity contribution in [2.24, 2.45) is 0 Å². The summed E-state index contributed by atoms with van der Waals surface area (Å²) >= 11 is 1.33. The van der Waals surface area contributed by atoms with Crippen molar-refractivity contribution >= 4 is 33.5 Å². The molecule has 1 amide bonds. The fourth-order valence-electron chi connectivity index (χ4n) is 2.02. The molecule has 1 aromatic rings. The van der Waals surface area contributed by atoms with Gasteiger partial charge in [0.05, 0.1) is 17.3 Å². The fourth-order valence-corrected chi connectivity index (χ4v) is 4.42. The maximum absolute atomic E-state index is 11.6. The molecule has 0 aromatic heterocycles. The molecule has 1 heterocycles. The first-order valence-corrected chi connectivity index (χ1v) is 9.58. The summed E-state index contributed by atoms with van der Waals surface area (Å²) < 4.78 is 27.4. The summed E-state index contributed by atoms with van der Waals surface area (Å²) in [5.74, 6) is -0.792. The van der Waals surface area contributed by atoms with Crippen LogP contribution in [0.4, 0.5) is 0 Å². The highest BCUT2D eigenvalue weighted by Crippen LogP contribution is 2.16. The zero-order valence-corrected chi connectivity index (χ0v) is 13.5. The third-order valence-electron chi connectivity index (χ3n) is 3.06. The van der Waals surface area contributed by atoms with E-state index >= 15 is 0 Å². The number of hydrogen-bond donors (Lipinski definition) is 1. The second-order valence-electron chi connectivity index (χ2n) is 4.93. The molecule has 0 bridgehead atoms. The van der Waals surface area contributed by atoms with Gasteiger partial charge in [-0.2, -0.15) is 0 Å². The van der Waals surface area contributed by atoms with Crippen LogP contribution < -0.4 is 5.32 Å². The van der Waals surface area contributed by atoms with E-state index in [0.29, 0.717) is 6.42 Å². The van der Waals surface area contributed by atoms with E-state index in [9.17, 15) is 18.0 Å². The number of hydrogen-bond acceptors (Lipinski definition) is 6. The van der Waals surface area contributed by atoms with Gasteiger partial charge in [-0.05, 0) is 18.6 Å². The highest BCUT2D eigenvalue weighted by atomic mass is 32.2. The molecule has 0 spiro atoms. The molecule has 1 N–H and O–H groups in total. The average Bonchev–Trinajstić information content (AvgIpc) is 2.83. The monoisotopic (exact) mass is 343 g/mol. The lowest BCUT2D eigenvalue weighted by Crippen LogP contribution is -2.38. The number of ether oxygens (including phenoxy) is 1. The maximum atomic E-state index is 11.6. The van der Waals surface area contributed by atoms with Crippen LogP contribution in [0.2, 0.25) is 0 Å². The van der Waals surface area contributed by atoms with Crippen LogP contribution in [-0.4, -0.2) is 50.2 Å². The fraction of sp³-hybridized carbons (Fsp3) is 0.429. The highest BCUT2D eigenvalue weighted by Gasteiger charge is 2.28. The molecule has 1 unspecified atom stereocenters. The molecule has 2 rings (SSSR count). The highest BCUT2D eigenvalue weighted by molar-refractivity contribution is 8.00. The zero-order valence-electron chi connectivity index (χ0n) is 11.9. The average molecular weight is 343 g/mol. The van der Waals surface area contributed by atoms with Crippen LogP contribution in [0, 0.1) is 0 Å². The van der Waals surface area contributed by atoms with Gasteiger partial charge in [0.25, 0.3) is 5.91 Å². The lowest BCUT2D eigenvalue weighted by Gasteiger charge is -2.10. The van der Waals surface area contributed by atoms with Gasteiger partial charge in [0, 0.05) is 10.9 Å². The number of esters is 1. The summed E-state index contributed by atoms with van der Waals surface area (Å²) in [6.45, 7) is -0.384. The van der Waals surface area contributed by atoms with E-state index in [1.54, 1.807) is 0 Å². The number of sulfone groups is 1. The number of amides is 1. The van der Waals surface area contributed by atoms with Crippen molar-refractivity contribution in [1.82, 2.24) is 5.32 Å². The lowest BCUT2D eigenvalue weighted by molar-refractivity contribution is -0.146. The van der Waals surface area contributed by atoms with Crippen molar-refractivity contribution in [2.75, 3.05) is 23.9 Å². The summed E-state index contributed by atoms with van der Waals surface area (Å²) in [4.78, 5) is 24.1. The van der Waals surface area contributed by atoms with Crippen molar-refractivity contribution in [3.05, 3.63) is 30.3 Å². The molecule has 1 aliphatic rings. The van der Waals surface area contributed by atoms with Crippen LogP contribution in [0.5, 0.6) is 0 Å². The second kappa shape index (κ2) is 7.64. The van der Waals surface area contributed by atoms with E-state index in [4.69, 9.17) is 4.74 Å². The van der Waals surface area contributed by atoms with Crippen molar-refractivity contribution in [3.8, 4) is 0 Å². The number of rotatable bonds is 6. The smallest absolute Gasteiger partial charge is 0.316 e. The van der Waals surface area contributed by atoms with Crippen molar-refractivity contribution in [3.63, 3.8) is 0 Å². The van der Waals surface area contributed by atoms with Gasteiger partial charge in [-0.1, -0.05) is 18.2 Å². The Kier molecular flexibility index (Phi) is 5.84. The molecule has 0 aliphatic carbocycles. The summed E-state index contributed by atoms with van der Waals surface area (Å²) in [5, 5.41) is 2.56. The Labute approximate surface area is 133 Å². The van der Waals surface area contributed by atoms with Crippen molar-refractivity contribution in [2.45, 2.75) is 17.4 Å². The first-order valence-electron chi connectivity index (χ1n) is 6.78. The molecule has 0 saturated carbocycles. The predicted octanol–water partition coefficient (Wildman–Crippen LogP) is 0.625. The van der Waals surface area contributed by atoms with Crippen LogP contribution in [-0.2, 0) is 24.2 Å². The summed E-state index contributed by atoms with van der Waals surface area (Å²) in [5.41, 5.74) is 0. The minimum absolute atomic E-state index is 0.0451. The molecule has 1 aromatic carbocycles. The quantitative estimate of drug-likeness (QED) is 0.602. The number of nitrogens with one attached hydrogen (secondary N) is 1. The minimum atomic E-state index is -3.04. The molecule has 1 aliphatic heterocycles. The normalized spacial score (nSPS) is 19.5. The lowest BCUT2D eigenvalue weighted by atomic mass is 10.2. The van der Waals surface area contributed by atoms with Crippen LogP contribution >= 0.6 is 11.8 Å². The Bertz CT molecular complexity index is 630. The van der Waals surface area contributed by atoms with Gasteiger partial charge in [0.1, 0.15) is 0 Å². The van der Waals surface area contributed by atoms with Crippen LogP contribution in [0.25, 0.3) is 0 Å². The molecule has 1 saturated heterocycles. The SMILES string of the molecule is O=C(COC(=O)CSc1ccccc1)NC1CCS(=O)(=O)C1. The Hall–Kier alpha value is -1.54. The Morgan fingerprint density at radius 3 is 2.64 bits per heavy atom. The first-order chi connectivity index (χ1) is 10.4. The number of thioether (sulfide) groups is 1. The molecule has 0 radical (unpaired) electrons. The Balaban J connectivity index is 1.65. The molecule has 120 valence electrons. The predicted molar refractivity (Wildman–Crippen MR) is 83.3 cm³/mol. The van der Waals surface area contributed by atoms with E-state index in [-0.39, 0.29) is 29.9 Å². The van der Waals surface area contributed by atoms with E-state index in [0.717, 1.165) is 4.90 Å². The summed E-state index contributed by atoms with van der Waals surface area (Å²) in [6, 6.07) is 9.01. The van der Waals surface area contributed by atoms with Gasteiger partial charge >= 0.3 is 5.97 Å². The van der Waals surface area contributed by atoms with Crippen LogP contribution in [0.1, 0.15) is 6.42 Å². The van der Waals surface area contributed by atoms with E-state index in [2.05, 4.69) is 5.32 Å². The van der Waals surface area contributed by atoms with Crippen LogP contribution in [0.3, 0.4) is 0 Å². The number of carbonyl (C=O) groups excluding carboxylic acids is 2. The third-order valence-corrected chi connectivity index (χ3v) is 5.82. The summed E-state index contributed by atoms with van der Waals surface area (Å²) in [7, 11) is -3.04. The van der Waals surface area contributed by atoms with Crippen molar-refractivity contribution in [1.29, 1.82) is 0 Å². The van der Waals surface area contributed by atoms with Gasteiger partial charge in [-0.15, -0.1) is 11.8 Å². The van der Waals surface area contributed by atoms with Gasteiger partial charge in [0.2, 0.25) is 0 Å². The molecule has 1 fully saturated rings. The van der Waals surface area contributed by atoms with Gasteiger partial charge in [-0.25, -0.2) is 8.42 Å². The Morgan fingerprint density at radius 1 is 1.27 bits per heavy atom. The molecular formula is C14H17NO5S2. The minimum Gasteiger partial charge on any atom is -0.455 e. The number of benzene rings is 1. The van der Waals surface area contributed by atoms with Crippen LogP contribution in [0.15, 0.2) is 35.2 Å². The largest absolute Gasteiger partial charge is 0.455 e. The second-order valence-corrected chi connectivity index (χ2v) is 8.21. The zero-order chi connectivity index (χ0) is 16.0. The van der Waals surface area contributed by atoms with Crippen molar-refractivity contribution < 1.29 is 22.7 Å². The van der Waals surface area contributed by atoms with Gasteiger partial charge in [-0.3, -0.25) is 9.59 Å². The van der Waals surface area contributed by atoms with E-state index in [1.165, 1.54) is 11.8 Å². The molecule has 22 heavy (non-hydrogen) atoms. The van der Waals surface area contributed by atoms with E-state index in [1.807, 2.05) is 30.3 Å². The first kappa shape index (κ1) is 16.8. The third kappa shape index (κ3) is 5.69. The van der Waals surface area contributed by atoms with Gasteiger partial charge < -0.3 is 10.1 Å². The standard InChI is InChI=1S/C14H17NO5S2/c16-13(15-11-6-7-22(18,19)10-11)8-20-14(17)9-21-12-4-2-1-3-5-12/h1-5,11H,6-10H2,(H,15,16). The molecule has 8 heteroatoms. The molecular weight excluding hydrogens is 326 g/mol. The summed E-state index contributed by atoms with van der Waals surface area (Å²) in [6.07, 6.45) is 0.409. The number of carbonyl (C=O) groups is 2.